The number of carbonyl (C=O) groups excluding carboxylic acids is 1. The number of aromatic nitrogens is 4. The second kappa shape index (κ2) is 5.58. The molecule has 1 unspecified atom stereocenters. The molecule has 2 aromatic heterocycles. The minimum Gasteiger partial charge on any atom is -0.344 e. The highest BCUT2D eigenvalue weighted by molar-refractivity contribution is 5.96. The second-order valence-corrected chi connectivity index (χ2v) is 5.20. The Morgan fingerprint density at radius 3 is 2.50 bits per heavy atom. The molecule has 118 valence electrons. The first-order chi connectivity index (χ1) is 10.2. The highest BCUT2D eigenvalue weighted by atomic mass is 16.6. The number of rotatable bonds is 4. The van der Waals surface area contributed by atoms with Crippen LogP contribution in [0.3, 0.4) is 0 Å². The normalized spacial score (nSPS) is 12.2. The molecule has 0 saturated carbocycles. The number of carbonyl (C=O) groups is 1. The Morgan fingerprint density at radius 2 is 2.00 bits per heavy atom. The van der Waals surface area contributed by atoms with Gasteiger partial charge in [-0.3, -0.25) is 24.3 Å². The highest BCUT2D eigenvalue weighted by Crippen LogP contribution is 2.23. The first kappa shape index (κ1) is 15.7. The lowest BCUT2D eigenvalue weighted by molar-refractivity contribution is -0.385. The summed E-state index contributed by atoms with van der Waals surface area (Å²) in [5, 5.41) is 22.0. The largest absolute Gasteiger partial charge is 0.344 e. The van der Waals surface area contributed by atoms with Crippen LogP contribution in [0.5, 0.6) is 0 Å². The van der Waals surface area contributed by atoms with Gasteiger partial charge in [0.05, 0.1) is 16.7 Å². The van der Waals surface area contributed by atoms with Crippen molar-refractivity contribution in [3.05, 3.63) is 39.0 Å². The lowest BCUT2D eigenvalue weighted by Gasteiger charge is -2.11. The summed E-state index contributed by atoms with van der Waals surface area (Å²) in [4.78, 5) is 22.9. The van der Waals surface area contributed by atoms with Crippen LogP contribution >= 0.6 is 0 Å². The Balaban J connectivity index is 2.28. The number of hydrogen-bond acceptors (Lipinski definition) is 5. The zero-order valence-corrected chi connectivity index (χ0v) is 13.1. The van der Waals surface area contributed by atoms with Crippen molar-refractivity contribution in [1.29, 1.82) is 0 Å². The molecule has 0 aromatic carbocycles. The van der Waals surface area contributed by atoms with E-state index < -0.39 is 10.8 Å². The molecular weight excluding hydrogens is 288 g/mol. The van der Waals surface area contributed by atoms with E-state index in [4.69, 9.17) is 0 Å². The van der Waals surface area contributed by atoms with E-state index in [0.29, 0.717) is 5.69 Å². The van der Waals surface area contributed by atoms with Gasteiger partial charge in [0.2, 0.25) is 5.69 Å². The number of hydrogen-bond donors (Lipinski definition) is 1. The summed E-state index contributed by atoms with van der Waals surface area (Å²) in [5.74, 6) is -0.578. The molecule has 2 rings (SSSR count). The van der Waals surface area contributed by atoms with Gasteiger partial charge in [-0.05, 0) is 20.8 Å². The number of amides is 1. The SMILES string of the molecule is Cc1nn(C)cc1C(C)NC(=O)c1nn(C)c(C)c1[N+](=O)[O-]. The van der Waals surface area contributed by atoms with Crippen molar-refractivity contribution in [2.45, 2.75) is 26.8 Å². The second-order valence-electron chi connectivity index (χ2n) is 5.20. The maximum atomic E-state index is 12.3. The molecule has 0 spiro atoms. The average molecular weight is 306 g/mol. The highest BCUT2D eigenvalue weighted by Gasteiger charge is 2.30. The molecule has 1 amide bonds. The number of nitrogens with zero attached hydrogens (tertiary/aromatic N) is 5. The Labute approximate surface area is 127 Å². The molecule has 1 N–H and O–H groups in total. The van der Waals surface area contributed by atoms with Crippen LogP contribution in [0, 0.1) is 24.0 Å². The van der Waals surface area contributed by atoms with Gasteiger partial charge in [0, 0.05) is 25.9 Å². The Morgan fingerprint density at radius 1 is 1.36 bits per heavy atom. The van der Waals surface area contributed by atoms with E-state index in [2.05, 4.69) is 15.5 Å². The monoisotopic (exact) mass is 306 g/mol. The third kappa shape index (κ3) is 2.69. The van der Waals surface area contributed by atoms with E-state index in [1.54, 1.807) is 38.8 Å². The molecule has 0 aliphatic carbocycles. The van der Waals surface area contributed by atoms with E-state index in [9.17, 15) is 14.9 Å². The minimum absolute atomic E-state index is 0.182. The lowest BCUT2D eigenvalue weighted by Crippen LogP contribution is -2.28. The van der Waals surface area contributed by atoms with Gasteiger partial charge < -0.3 is 5.32 Å². The molecule has 0 aliphatic rings. The van der Waals surface area contributed by atoms with Crippen LogP contribution in [0.4, 0.5) is 5.69 Å². The third-order valence-corrected chi connectivity index (χ3v) is 3.57. The summed E-state index contributed by atoms with van der Waals surface area (Å²) in [6, 6.07) is -0.330. The van der Waals surface area contributed by atoms with Crippen LogP contribution in [0.15, 0.2) is 6.20 Å². The van der Waals surface area contributed by atoms with Gasteiger partial charge in [-0.1, -0.05) is 0 Å². The van der Waals surface area contributed by atoms with E-state index in [1.807, 2.05) is 6.92 Å². The summed E-state index contributed by atoms with van der Waals surface area (Å²) in [6.07, 6.45) is 1.80. The fourth-order valence-corrected chi connectivity index (χ4v) is 2.35. The maximum absolute atomic E-state index is 12.3. The van der Waals surface area contributed by atoms with E-state index >= 15 is 0 Å². The van der Waals surface area contributed by atoms with Crippen LogP contribution in [-0.4, -0.2) is 30.4 Å². The first-order valence-corrected chi connectivity index (χ1v) is 6.71. The molecule has 0 radical (unpaired) electrons. The maximum Gasteiger partial charge on any atom is 0.322 e. The lowest BCUT2D eigenvalue weighted by atomic mass is 10.1. The Hall–Kier alpha value is -2.71. The predicted octanol–water partition coefficient (Wildman–Crippen LogP) is 1.17. The molecule has 0 saturated heterocycles. The molecular formula is C13H18N6O3. The van der Waals surface area contributed by atoms with Crippen molar-refractivity contribution >= 4 is 11.6 Å². The summed E-state index contributed by atoms with van der Waals surface area (Å²) < 4.78 is 2.98. The topological polar surface area (TPSA) is 108 Å². The van der Waals surface area contributed by atoms with Crippen LogP contribution < -0.4 is 5.32 Å². The zero-order chi connectivity index (χ0) is 16.6. The van der Waals surface area contributed by atoms with Gasteiger partial charge in [0.15, 0.2) is 0 Å². The molecule has 1 atom stereocenters. The number of nitrogens with one attached hydrogen (secondary N) is 1. The van der Waals surface area contributed by atoms with Crippen LogP contribution in [-0.2, 0) is 14.1 Å². The Bertz CT molecular complexity index is 745. The van der Waals surface area contributed by atoms with Crippen molar-refractivity contribution in [3.8, 4) is 0 Å². The van der Waals surface area contributed by atoms with Crippen LogP contribution in [0.1, 0.15) is 40.4 Å². The Kier molecular flexibility index (Phi) is 3.98. The quantitative estimate of drug-likeness (QED) is 0.674. The number of nitro groups is 1. The summed E-state index contributed by atoms with van der Waals surface area (Å²) in [6.45, 7) is 5.19. The van der Waals surface area contributed by atoms with E-state index in [-0.39, 0.29) is 17.4 Å². The van der Waals surface area contributed by atoms with Gasteiger partial charge in [-0.15, -0.1) is 0 Å². The standard InChI is InChI=1S/C13H18N6O3/c1-7(10-6-17(4)15-8(10)2)14-13(20)11-12(19(21)22)9(3)18(5)16-11/h6-7H,1-5H3,(H,14,20). The molecule has 0 fully saturated rings. The molecule has 9 heteroatoms. The van der Waals surface area contributed by atoms with Crippen molar-refractivity contribution in [2.75, 3.05) is 0 Å². The van der Waals surface area contributed by atoms with E-state index in [0.717, 1.165) is 11.3 Å². The van der Waals surface area contributed by atoms with Gasteiger partial charge in [0.25, 0.3) is 5.91 Å². The molecule has 2 aromatic rings. The van der Waals surface area contributed by atoms with Crippen molar-refractivity contribution < 1.29 is 9.72 Å². The average Bonchev–Trinajstić information content (AvgIpc) is 2.90. The minimum atomic E-state index is -0.586. The van der Waals surface area contributed by atoms with Gasteiger partial charge >= 0.3 is 5.69 Å². The van der Waals surface area contributed by atoms with Crippen LogP contribution in [0.2, 0.25) is 0 Å². The summed E-state index contributed by atoms with van der Waals surface area (Å²) >= 11 is 0. The third-order valence-electron chi connectivity index (χ3n) is 3.57. The fraction of sp³-hybridized carbons (Fsp3) is 0.462. The fourth-order valence-electron chi connectivity index (χ4n) is 2.35. The summed E-state index contributed by atoms with van der Waals surface area (Å²) in [5.41, 5.74) is 1.53. The van der Waals surface area contributed by atoms with Crippen LogP contribution in [0.25, 0.3) is 0 Å². The molecule has 0 bridgehead atoms. The molecule has 22 heavy (non-hydrogen) atoms. The van der Waals surface area contributed by atoms with Crippen molar-refractivity contribution in [1.82, 2.24) is 24.9 Å². The van der Waals surface area contributed by atoms with E-state index in [1.165, 1.54) is 4.68 Å². The van der Waals surface area contributed by atoms with Gasteiger partial charge in [0.1, 0.15) is 5.69 Å². The molecule has 2 heterocycles. The first-order valence-electron chi connectivity index (χ1n) is 6.71. The van der Waals surface area contributed by atoms with Gasteiger partial charge in [-0.2, -0.15) is 10.2 Å². The molecule has 9 nitrogen and oxygen atoms in total. The van der Waals surface area contributed by atoms with Crippen molar-refractivity contribution in [3.63, 3.8) is 0 Å². The predicted molar refractivity (Wildman–Crippen MR) is 78.4 cm³/mol. The summed E-state index contributed by atoms with van der Waals surface area (Å²) in [7, 11) is 3.35. The zero-order valence-electron chi connectivity index (χ0n) is 13.1. The van der Waals surface area contributed by atoms with Gasteiger partial charge in [-0.25, -0.2) is 0 Å². The molecule has 0 aliphatic heterocycles. The smallest absolute Gasteiger partial charge is 0.322 e. The van der Waals surface area contributed by atoms with Crippen molar-refractivity contribution in [2.24, 2.45) is 14.1 Å². The number of aryl methyl sites for hydroxylation is 3.